The smallest absolute Gasteiger partial charge is 0.235 e. The zero-order valence-corrected chi connectivity index (χ0v) is 27.4. The summed E-state index contributed by atoms with van der Waals surface area (Å²) in [6, 6.07) is 59.4. The summed E-state index contributed by atoms with van der Waals surface area (Å²) in [7, 11) is 0. The lowest BCUT2D eigenvalue weighted by Gasteiger charge is -2.13. The Morgan fingerprint density at radius 3 is 1.86 bits per heavy atom. The number of fused-ring (bicyclic) bond motifs is 9. The van der Waals surface area contributed by atoms with Crippen molar-refractivity contribution in [2.75, 3.05) is 0 Å². The molecule has 0 N–H and O–H groups in total. The molecular weight excluding hydrogens is 625 g/mol. The van der Waals surface area contributed by atoms with E-state index < -0.39 is 0 Å². The van der Waals surface area contributed by atoms with E-state index >= 15 is 0 Å². The van der Waals surface area contributed by atoms with Crippen molar-refractivity contribution in [2.45, 2.75) is 0 Å². The first-order valence-electron chi connectivity index (χ1n) is 17.2. The highest BCUT2D eigenvalue weighted by Gasteiger charge is 2.24. The fraction of sp³-hybridized carbons (Fsp3) is 0. The maximum atomic E-state index is 6.42. The molecule has 51 heavy (non-hydrogen) atoms. The Labute approximate surface area is 292 Å². The fourth-order valence-corrected chi connectivity index (χ4v) is 7.84. The van der Waals surface area contributed by atoms with Crippen LogP contribution in [0, 0.1) is 0 Å². The van der Waals surface area contributed by atoms with Crippen LogP contribution in [0.3, 0.4) is 0 Å². The summed E-state index contributed by atoms with van der Waals surface area (Å²) in [6.45, 7) is 0. The molecule has 0 fully saturated rings. The van der Waals surface area contributed by atoms with Crippen molar-refractivity contribution in [3.8, 4) is 34.0 Å². The monoisotopic (exact) mass is 652 g/mol. The van der Waals surface area contributed by atoms with E-state index in [9.17, 15) is 0 Å². The summed E-state index contributed by atoms with van der Waals surface area (Å²) in [5.41, 5.74) is 11.9. The SMILES string of the molecule is c1ccc(-c2ccc3c(c2)c2nc(-n4c5ccccc5c5cc6c(cc54)oc4ccccc46)nc(-c4ccccc4)c2n3-c2ccccc2)cc1. The van der Waals surface area contributed by atoms with Crippen LogP contribution in [-0.4, -0.2) is 19.1 Å². The van der Waals surface area contributed by atoms with E-state index in [1.165, 1.54) is 0 Å². The van der Waals surface area contributed by atoms with E-state index in [0.29, 0.717) is 5.95 Å². The molecule has 0 bridgehead atoms. The number of rotatable bonds is 4. The summed E-state index contributed by atoms with van der Waals surface area (Å²) in [5, 5.41) is 5.55. The topological polar surface area (TPSA) is 48.8 Å². The Morgan fingerprint density at radius 1 is 0.392 bits per heavy atom. The molecule has 0 saturated carbocycles. The largest absolute Gasteiger partial charge is 0.456 e. The highest BCUT2D eigenvalue weighted by molar-refractivity contribution is 6.18. The van der Waals surface area contributed by atoms with Crippen LogP contribution < -0.4 is 0 Å². The molecule has 5 nitrogen and oxygen atoms in total. The molecule has 4 aromatic heterocycles. The molecule has 4 heterocycles. The molecule has 0 aliphatic rings. The first-order valence-corrected chi connectivity index (χ1v) is 17.2. The average Bonchev–Trinajstić information content (AvgIpc) is 3.84. The van der Waals surface area contributed by atoms with Gasteiger partial charge in [0.25, 0.3) is 0 Å². The first-order chi connectivity index (χ1) is 25.3. The Balaban J connectivity index is 1.30. The molecule has 7 aromatic carbocycles. The van der Waals surface area contributed by atoms with Crippen molar-refractivity contribution in [3.05, 3.63) is 170 Å². The second-order valence-corrected chi connectivity index (χ2v) is 13.0. The van der Waals surface area contributed by atoms with Crippen LogP contribution in [0.1, 0.15) is 0 Å². The van der Waals surface area contributed by atoms with Crippen LogP contribution in [-0.2, 0) is 0 Å². The van der Waals surface area contributed by atoms with E-state index in [0.717, 1.165) is 93.8 Å². The number of furan rings is 1. The van der Waals surface area contributed by atoms with Gasteiger partial charge in [-0.3, -0.25) is 4.57 Å². The second kappa shape index (κ2) is 10.8. The molecule has 0 amide bonds. The van der Waals surface area contributed by atoms with E-state index in [-0.39, 0.29) is 0 Å². The molecule has 0 radical (unpaired) electrons. The van der Waals surface area contributed by atoms with Crippen molar-refractivity contribution in [3.63, 3.8) is 0 Å². The molecule has 0 aliphatic heterocycles. The summed E-state index contributed by atoms with van der Waals surface area (Å²) in [5.74, 6) is 0.611. The molecule has 0 spiro atoms. The molecule has 11 aromatic rings. The lowest BCUT2D eigenvalue weighted by molar-refractivity contribution is 0.669. The van der Waals surface area contributed by atoms with Crippen molar-refractivity contribution in [1.82, 2.24) is 19.1 Å². The molecule has 0 unspecified atom stereocenters. The van der Waals surface area contributed by atoms with Gasteiger partial charge in [-0.15, -0.1) is 0 Å². The van der Waals surface area contributed by atoms with Gasteiger partial charge in [-0.05, 0) is 53.6 Å². The summed E-state index contributed by atoms with van der Waals surface area (Å²) < 4.78 is 10.9. The standard InChI is InChI=1S/C46H28N4O/c1-4-14-29(15-5-1)31-24-25-39-37(26-31)44-45(49(39)32-18-8-3-9-19-32)43(30-16-6-2-7-17-30)47-46(48-44)50-38-22-12-10-20-33(38)35-27-36-34-21-11-13-23-41(34)51-42(36)28-40(35)50/h1-28H. The zero-order valence-electron chi connectivity index (χ0n) is 27.4. The minimum Gasteiger partial charge on any atom is -0.456 e. The summed E-state index contributed by atoms with van der Waals surface area (Å²) in [4.78, 5) is 11.0. The summed E-state index contributed by atoms with van der Waals surface area (Å²) >= 11 is 0. The van der Waals surface area contributed by atoms with E-state index in [1.807, 2.05) is 18.2 Å². The van der Waals surface area contributed by atoms with Crippen LogP contribution in [0.2, 0.25) is 0 Å². The maximum Gasteiger partial charge on any atom is 0.235 e. The van der Waals surface area contributed by atoms with Gasteiger partial charge >= 0.3 is 0 Å². The average molecular weight is 653 g/mol. The van der Waals surface area contributed by atoms with Crippen LogP contribution in [0.5, 0.6) is 0 Å². The lowest BCUT2D eigenvalue weighted by atomic mass is 10.0. The van der Waals surface area contributed by atoms with E-state index in [1.54, 1.807) is 0 Å². The molecule has 11 rings (SSSR count). The normalized spacial score (nSPS) is 11.9. The Morgan fingerprint density at radius 2 is 1.06 bits per heavy atom. The van der Waals surface area contributed by atoms with Crippen molar-refractivity contribution in [1.29, 1.82) is 0 Å². The van der Waals surface area contributed by atoms with E-state index in [4.69, 9.17) is 14.4 Å². The third-order valence-corrected chi connectivity index (χ3v) is 10.1. The number of benzene rings is 7. The highest BCUT2D eigenvalue weighted by Crippen LogP contribution is 2.41. The van der Waals surface area contributed by atoms with Crippen molar-refractivity contribution in [2.24, 2.45) is 0 Å². The predicted molar refractivity (Wildman–Crippen MR) is 209 cm³/mol. The third-order valence-electron chi connectivity index (χ3n) is 10.1. The summed E-state index contributed by atoms with van der Waals surface area (Å²) in [6.07, 6.45) is 0. The van der Waals surface area contributed by atoms with Crippen molar-refractivity contribution >= 4 is 65.7 Å². The minimum absolute atomic E-state index is 0.611. The molecule has 5 heteroatoms. The molecular formula is C46H28N4O. The number of para-hydroxylation sites is 3. The molecule has 0 saturated heterocycles. The molecule has 0 aliphatic carbocycles. The predicted octanol–water partition coefficient (Wildman–Crippen LogP) is 11.9. The van der Waals surface area contributed by atoms with Gasteiger partial charge in [-0.2, -0.15) is 0 Å². The second-order valence-electron chi connectivity index (χ2n) is 13.0. The van der Waals surface area contributed by atoms with Gasteiger partial charge < -0.3 is 8.98 Å². The van der Waals surface area contributed by atoms with E-state index in [2.05, 4.69) is 161 Å². The van der Waals surface area contributed by atoms with Gasteiger partial charge in [0.05, 0.1) is 22.1 Å². The van der Waals surface area contributed by atoms with Crippen LogP contribution in [0.4, 0.5) is 0 Å². The zero-order chi connectivity index (χ0) is 33.5. The van der Waals surface area contributed by atoms with Gasteiger partial charge in [0.2, 0.25) is 5.95 Å². The van der Waals surface area contributed by atoms with Crippen LogP contribution in [0.25, 0.3) is 99.7 Å². The Bertz CT molecular complexity index is 3120. The third kappa shape index (κ3) is 4.15. The minimum atomic E-state index is 0.611. The number of aromatic nitrogens is 4. The quantitative estimate of drug-likeness (QED) is 0.190. The molecule has 0 atom stereocenters. The Kier molecular flexibility index (Phi) is 5.89. The van der Waals surface area contributed by atoms with Gasteiger partial charge in [0.15, 0.2) is 0 Å². The number of hydrogen-bond acceptors (Lipinski definition) is 3. The Hall–Kier alpha value is -6.98. The first kappa shape index (κ1) is 27.9. The van der Waals surface area contributed by atoms with Crippen LogP contribution >= 0.6 is 0 Å². The van der Waals surface area contributed by atoms with Gasteiger partial charge in [0.1, 0.15) is 22.4 Å². The van der Waals surface area contributed by atoms with Gasteiger partial charge in [-0.1, -0.05) is 121 Å². The number of nitrogens with zero attached hydrogens (tertiary/aromatic N) is 4. The fourth-order valence-electron chi connectivity index (χ4n) is 7.84. The van der Waals surface area contributed by atoms with Gasteiger partial charge in [-0.25, -0.2) is 9.97 Å². The molecule has 238 valence electrons. The highest BCUT2D eigenvalue weighted by atomic mass is 16.3. The van der Waals surface area contributed by atoms with Gasteiger partial charge in [0, 0.05) is 44.2 Å². The number of hydrogen-bond donors (Lipinski definition) is 0. The lowest BCUT2D eigenvalue weighted by Crippen LogP contribution is -2.04. The maximum absolute atomic E-state index is 6.42. The van der Waals surface area contributed by atoms with Crippen molar-refractivity contribution < 1.29 is 4.42 Å². The van der Waals surface area contributed by atoms with Crippen LogP contribution in [0.15, 0.2) is 174 Å².